The number of nitrogens with zero attached hydrogens (tertiary/aromatic N) is 3. The van der Waals surface area contributed by atoms with Crippen molar-refractivity contribution in [3.8, 4) is 5.95 Å². The van der Waals surface area contributed by atoms with Crippen LogP contribution in [-0.4, -0.2) is 19.7 Å². The molecule has 0 spiro atoms. The van der Waals surface area contributed by atoms with E-state index in [2.05, 4.69) is 20.4 Å². The Hall–Kier alpha value is -2.60. The number of benzene rings is 1. The normalized spacial score (nSPS) is 10.8. The molecule has 0 amide bonds. The van der Waals surface area contributed by atoms with Crippen LogP contribution in [0.2, 0.25) is 5.02 Å². The highest BCUT2D eigenvalue weighted by atomic mass is 35.5. The van der Waals surface area contributed by atoms with Crippen molar-refractivity contribution >= 4 is 17.4 Å². The van der Waals surface area contributed by atoms with Crippen LogP contribution in [0, 0.1) is 6.92 Å². The van der Waals surface area contributed by atoms with Crippen molar-refractivity contribution in [2.24, 2.45) is 0 Å². The van der Waals surface area contributed by atoms with Crippen LogP contribution < -0.4 is 10.9 Å². The van der Waals surface area contributed by atoms with Gasteiger partial charge < -0.3 is 5.32 Å². The van der Waals surface area contributed by atoms with E-state index in [4.69, 9.17) is 11.6 Å². The van der Waals surface area contributed by atoms with Gasteiger partial charge in [0.25, 0.3) is 5.56 Å². The van der Waals surface area contributed by atoms with Crippen LogP contribution in [0.25, 0.3) is 5.95 Å². The van der Waals surface area contributed by atoms with Crippen molar-refractivity contribution in [1.82, 2.24) is 19.7 Å². The maximum absolute atomic E-state index is 11.8. The molecular formula is C17H18ClN5O. The molecule has 6 nitrogen and oxygen atoms in total. The van der Waals surface area contributed by atoms with Gasteiger partial charge in [-0.3, -0.25) is 9.78 Å². The number of H-pyrrole nitrogens is 1. The molecule has 0 unspecified atom stereocenters. The summed E-state index contributed by atoms with van der Waals surface area (Å²) in [5, 5.41) is 8.43. The Morgan fingerprint density at radius 1 is 1.29 bits per heavy atom. The second kappa shape index (κ2) is 6.88. The Kier molecular flexibility index (Phi) is 4.66. The zero-order chi connectivity index (χ0) is 17.1. The summed E-state index contributed by atoms with van der Waals surface area (Å²) in [7, 11) is 0. The standard InChI is InChI=1S/C17H18ClN5O/c1-3-14-9-16(24)21-17(20-14)23-15(7-11(2)22-23)19-10-12-5-4-6-13(18)8-12/h4-9,19H,3,10H2,1-2H3,(H,20,21,24). The summed E-state index contributed by atoms with van der Waals surface area (Å²) in [5.41, 5.74) is 2.42. The fraction of sp³-hybridized carbons (Fsp3) is 0.235. The van der Waals surface area contributed by atoms with Crippen LogP contribution >= 0.6 is 11.6 Å². The predicted octanol–water partition coefficient (Wildman–Crippen LogP) is 3.09. The van der Waals surface area contributed by atoms with E-state index in [-0.39, 0.29) is 5.56 Å². The lowest BCUT2D eigenvalue weighted by Gasteiger charge is -2.10. The average Bonchev–Trinajstić information content (AvgIpc) is 2.93. The molecule has 1 aromatic carbocycles. The van der Waals surface area contributed by atoms with Gasteiger partial charge in [-0.25, -0.2) is 4.98 Å². The predicted molar refractivity (Wildman–Crippen MR) is 94.9 cm³/mol. The van der Waals surface area contributed by atoms with Crippen molar-refractivity contribution in [1.29, 1.82) is 0 Å². The first-order chi connectivity index (χ1) is 11.5. The Morgan fingerprint density at radius 3 is 2.88 bits per heavy atom. The van der Waals surface area contributed by atoms with Gasteiger partial charge in [-0.15, -0.1) is 0 Å². The molecule has 0 aliphatic carbocycles. The van der Waals surface area contributed by atoms with Crippen LogP contribution in [0.3, 0.4) is 0 Å². The first kappa shape index (κ1) is 16.3. The Bertz CT molecular complexity index is 915. The van der Waals surface area contributed by atoms with Gasteiger partial charge in [0.2, 0.25) is 5.95 Å². The van der Waals surface area contributed by atoms with E-state index in [1.54, 1.807) is 4.68 Å². The van der Waals surface area contributed by atoms with Crippen molar-refractivity contribution in [3.05, 3.63) is 68.7 Å². The summed E-state index contributed by atoms with van der Waals surface area (Å²) in [6.07, 6.45) is 0.683. The summed E-state index contributed by atoms with van der Waals surface area (Å²) >= 11 is 6.01. The highest BCUT2D eigenvalue weighted by molar-refractivity contribution is 6.30. The monoisotopic (exact) mass is 343 g/mol. The summed E-state index contributed by atoms with van der Waals surface area (Å²) in [6.45, 7) is 4.43. The minimum Gasteiger partial charge on any atom is -0.366 e. The van der Waals surface area contributed by atoms with E-state index in [1.165, 1.54) is 6.07 Å². The topological polar surface area (TPSA) is 75.6 Å². The van der Waals surface area contributed by atoms with Crippen LogP contribution in [-0.2, 0) is 13.0 Å². The maximum Gasteiger partial charge on any atom is 0.252 e. The quantitative estimate of drug-likeness (QED) is 0.746. The second-order valence-corrected chi connectivity index (χ2v) is 5.92. The van der Waals surface area contributed by atoms with Crippen LogP contribution in [0.1, 0.15) is 23.9 Å². The number of rotatable bonds is 5. The van der Waals surface area contributed by atoms with Crippen LogP contribution in [0.4, 0.5) is 5.82 Å². The van der Waals surface area contributed by atoms with Gasteiger partial charge >= 0.3 is 0 Å². The minimum absolute atomic E-state index is 0.189. The molecule has 0 saturated heterocycles. The highest BCUT2D eigenvalue weighted by Gasteiger charge is 2.11. The Balaban J connectivity index is 1.90. The molecule has 7 heteroatoms. The largest absolute Gasteiger partial charge is 0.366 e. The molecule has 0 aliphatic rings. The summed E-state index contributed by atoms with van der Waals surface area (Å²) < 4.78 is 1.61. The SMILES string of the molecule is CCc1cc(=O)[nH]c(-n2nc(C)cc2NCc2cccc(Cl)c2)n1. The molecule has 24 heavy (non-hydrogen) atoms. The number of nitrogens with one attached hydrogen (secondary N) is 2. The summed E-state index contributed by atoms with van der Waals surface area (Å²) in [4.78, 5) is 19.0. The number of aryl methyl sites for hydroxylation is 2. The number of anilines is 1. The van der Waals surface area contributed by atoms with Crippen molar-refractivity contribution in [3.63, 3.8) is 0 Å². The van der Waals surface area contributed by atoms with Crippen LogP contribution in [0.5, 0.6) is 0 Å². The second-order valence-electron chi connectivity index (χ2n) is 5.48. The molecule has 0 bridgehead atoms. The zero-order valence-corrected chi connectivity index (χ0v) is 14.3. The van der Waals surface area contributed by atoms with E-state index >= 15 is 0 Å². The molecule has 0 radical (unpaired) electrons. The zero-order valence-electron chi connectivity index (χ0n) is 13.5. The van der Waals surface area contributed by atoms with E-state index < -0.39 is 0 Å². The molecule has 124 valence electrons. The Labute approximate surface area is 144 Å². The minimum atomic E-state index is -0.189. The third-order valence-corrected chi connectivity index (χ3v) is 3.77. The average molecular weight is 344 g/mol. The van der Waals surface area contributed by atoms with E-state index in [1.807, 2.05) is 44.2 Å². The summed E-state index contributed by atoms with van der Waals surface area (Å²) in [6, 6.07) is 11.0. The lowest BCUT2D eigenvalue weighted by Crippen LogP contribution is -2.16. The van der Waals surface area contributed by atoms with E-state index in [9.17, 15) is 4.79 Å². The number of aromatic nitrogens is 4. The van der Waals surface area contributed by atoms with Gasteiger partial charge in [0.15, 0.2) is 0 Å². The van der Waals surface area contributed by atoms with Crippen molar-refractivity contribution in [2.75, 3.05) is 5.32 Å². The van der Waals surface area contributed by atoms with Crippen molar-refractivity contribution < 1.29 is 0 Å². The number of hydrogen-bond donors (Lipinski definition) is 2. The number of hydrogen-bond acceptors (Lipinski definition) is 4. The molecule has 3 aromatic rings. The molecule has 2 heterocycles. The van der Waals surface area contributed by atoms with Gasteiger partial charge in [0.05, 0.1) is 5.69 Å². The molecule has 0 aliphatic heterocycles. The third-order valence-electron chi connectivity index (χ3n) is 3.54. The molecule has 0 saturated carbocycles. The molecule has 0 fully saturated rings. The third kappa shape index (κ3) is 3.65. The molecule has 2 aromatic heterocycles. The lowest BCUT2D eigenvalue weighted by molar-refractivity contribution is 0.777. The van der Waals surface area contributed by atoms with E-state index in [0.717, 1.165) is 22.8 Å². The molecular weight excluding hydrogens is 326 g/mol. The highest BCUT2D eigenvalue weighted by Crippen LogP contribution is 2.16. The maximum atomic E-state index is 11.8. The van der Waals surface area contributed by atoms with Gasteiger partial charge in [-0.05, 0) is 31.0 Å². The first-order valence-corrected chi connectivity index (χ1v) is 8.08. The summed E-state index contributed by atoms with van der Waals surface area (Å²) in [5.74, 6) is 1.16. The fourth-order valence-electron chi connectivity index (χ4n) is 2.40. The molecule has 3 rings (SSSR count). The number of aromatic amines is 1. The van der Waals surface area contributed by atoms with E-state index in [0.29, 0.717) is 23.9 Å². The van der Waals surface area contributed by atoms with Gasteiger partial charge in [-0.1, -0.05) is 30.7 Å². The Morgan fingerprint density at radius 2 is 2.12 bits per heavy atom. The smallest absolute Gasteiger partial charge is 0.252 e. The molecule has 0 atom stereocenters. The number of halogens is 1. The van der Waals surface area contributed by atoms with Crippen LogP contribution in [0.15, 0.2) is 41.2 Å². The van der Waals surface area contributed by atoms with Gasteiger partial charge in [-0.2, -0.15) is 9.78 Å². The van der Waals surface area contributed by atoms with Gasteiger partial charge in [0.1, 0.15) is 5.82 Å². The lowest BCUT2D eigenvalue weighted by atomic mass is 10.2. The molecule has 2 N–H and O–H groups in total. The first-order valence-electron chi connectivity index (χ1n) is 7.70. The fourth-order valence-corrected chi connectivity index (χ4v) is 2.61. The van der Waals surface area contributed by atoms with Gasteiger partial charge in [0, 0.05) is 29.4 Å². The van der Waals surface area contributed by atoms with Crippen molar-refractivity contribution in [2.45, 2.75) is 26.8 Å².